The minimum atomic E-state index is -0.295. The van der Waals surface area contributed by atoms with Gasteiger partial charge in [0.05, 0.1) is 31.8 Å². The second-order valence-corrected chi connectivity index (χ2v) is 13.4. The molecule has 3 aliphatic rings. The molecule has 0 spiro atoms. The van der Waals surface area contributed by atoms with Gasteiger partial charge in [-0.25, -0.2) is 4.99 Å². The van der Waals surface area contributed by atoms with Crippen LogP contribution in [0.15, 0.2) is 33.0 Å². The lowest BCUT2D eigenvalue weighted by molar-refractivity contribution is -0.146. The van der Waals surface area contributed by atoms with Gasteiger partial charge in [-0.2, -0.15) is 0 Å². The maximum absolute atomic E-state index is 13.0. The van der Waals surface area contributed by atoms with E-state index in [1.807, 2.05) is 66.7 Å². The normalized spacial score (nSPS) is 23.2. The van der Waals surface area contributed by atoms with Gasteiger partial charge in [-0.05, 0) is 117 Å². The molecule has 0 saturated carbocycles. The Labute approximate surface area is 287 Å². The highest BCUT2D eigenvalue weighted by Gasteiger charge is 2.27. The van der Waals surface area contributed by atoms with Crippen molar-refractivity contribution in [1.82, 2.24) is 15.3 Å². The summed E-state index contributed by atoms with van der Waals surface area (Å²) < 4.78 is 11.1. The number of ether oxygens (including phenoxy) is 2. The minimum absolute atomic E-state index is 0.101. The molecular formula is C39H48N4O6. The SMILES string of the molecule is CCC1=C(C)C(=O)N=C1/C=c1\[nH]/c2c(c1C)[C@@H](C)CC(=O)OCCCCOC(=O)C[C@H](C)c1c([nH]c(/C=C3\NC(=O)C(C)=C3CC)c1C)/C=2. The predicted octanol–water partition coefficient (Wildman–Crippen LogP) is 5.34. The number of cyclic esters (lactones) is 2. The fourth-order valence-electron chi connectivity index (χ4n) is 7.27. The summed E-state index contributed by atoms with van der Waals surface area (Å²) in [5, 5.41) is 4.61. The van der Waals surface area contributed by atoms with Gasteiger partial charge in [-0.15, -0.1) is 0 Å². The van der Waals surface area contributed by atoms with Crippen LogP contribution in [0, 0.1) is 13.8 Å². The van der Waals surface area contributed by atoms with Gasteiger partial charge in [0, 0.05) is 38.9 Å². The van der Waals surface area contributed by atoms with Crippen LogP contribution in [0.3, 0.4) is 0 Å². The summed E-state index contributed by atoms with van der Waals surface area (Å²) in [6.45, 7) is 16.3. The van der Waals surface area contributed by atoms with Crippen molar-refractivity contribution in [1.29, 1.82) is 0 Å². The van der Waals surface area contributed by atoms with Crippen molar-refractivity contribution in [2.75, 3.05) is 13.2 Å². The van der Waals surface area contributed by atoms with Crippen LogP contribution in [0.4, 0.5) is 0 Å². The van der Waals surface area contributed by atoms with Gasteiger partial charge < -0.3 is 24.8 Å². The zero-order valence-corrected chi connectivity index (χ0v) is 29.9. The van der Waals surface area contributed by atoms with Gasteiger partial charge in [0.15, 0.2) is 0 Å². The molecule has 0 bridgehead atoms. The number of aromatic nitrogens is 2. The third kappa shape index (κ3) is 7.33. The number of fused-ring (bicyclic) bond motifs is 2. The van der Waals surface area contributed by atoms with E-state index in [4.69, 9.17) is 9.47 Å². The lowest BCUT2D eigenvalue weighted by Gasteiger charge is -2.13. The molecule has 260 valence electrons. The number of rotatable bonds is 4. The Morgan fingerprint density at radius 2 is 1.41 bits per heavy atom. The molecule has 10 nitrogen and oxygen atoms in total. The van der Waals surface area contributed by atoms with E-state index >= 15 is 0 Å². The molecule has 49 heavy (non-hydrogen) atoms. The first-order valence-electron chi connectivity index (χ1n) is 17.4. The fraction of sp³-hybridized carbons (Fsp3) is 0.462. The lowest BCUT2D eigenvalue weighted by Crippen LogP contribution is -2.17. The number of esters is 2. The van der Waals surface area contributed by atoms with E-state index in [-0.39, 0.29) is 61.6 Å². The average molecular weight is 669 g/mol. The lowest BCUT2D eigenvalue weighted by atomic mass is 9.92. The fourth-order valence-corrected chi connectivity index (χ4v) is 7.27. The number of nitrogens with zero attached hydrogens (tertiary/aromatic N) is 1. The smallest absolute Gasteiger partial charge is 0.306 e. The van der Waals surface area contributed by atoms with Crippen molar-refractivity contribution in [3.63, 3.8) is 0 Å². The number of hydrogen-bond donors (Lipinski definition) is 3. The van der Waals surface area contributed by atoms with E-state index in [1.54, 1.807) is 6.92 Å². The summed E-state index contributed by atoms with van der Waals surface area (Å²) in [6, 6.07) is 0. The number of H-pyrrole nitrogens is 2. The molecule has 0 saturated heterocycles. The van der Waals surface area contributed by atoms with Crippen molar-refractivity contribution in [3.8, 4) is 0 Å². The summed E-state index contributed by atoms with van der Waals surface area (Å²) in [4.78, 5) is 62.5. The number of aliphatic imine (C=N–C) groups is 1. The van der Waals surface area contributed by atoms with Crippen molar-refractivity contribution in [2.24, 2.45) is 4.99 Å². The summed E-state index contributed by atoms with van der Waals surface area (Å²) in [7, 11) is 0. The molecule has 5 heterocycles. The first kappa shape index (κ1) is 35.6. The predicted molar refractivity (Wildman–Crippen MR) is 190 cm³/mol. The quantitative estimate of drug-likeness (QED) is 0.376. The highest BCUT2D eigenvalue weighted by molar-refractivity contribution is 6.30. The first-order valence-corrected chi connectivity index (χ1v) is 17.4. The van der Waals surface area contributed by atoms with E-state index in [1.165, 1.54) is 0 Å². The molecule has 3 N–H and O–H groups in total. The molecule has 0 aromatic carbocycles. The molecule has 2 aromatic rings. The zero-order chi connectivity index (χ0) is 35.6. The Morgan fingerprint density at radius 1 is 0.796 bits per heavy atom. The highest BCUT2D eigenvalue weighted by atomic mass is 16.5. The van der Waals surface area contributed by atoms with Crippen LogP contribution in [0.2, 0.25) is 0 Å². The second-order valence-electron chi connectivity index (χ2n) is 13.4. The Morgan fingerprint density at radius 3 is 2.02 bits per heavy atom. The molecular weight excluding hydrogens is 620 g/mol. The molecule has 10 heteroatoms. The molecule has 0 unspecified atom stereocenters. The number of allylic oxidation sites excluding steroid dienone is 2. The maximum Gasteiger partial charge on any atom is 0.306 e. The molecule has 0 aliphatic carbocycles. The van der Waals surface area contributed by atoms with E-state index in [9.17, 15) is 19.2 Å². The Bertz CT molecular complexity index is 1960. The molecule has 0 fully saturated rings. The summed E-state index contributed by atoms with van der Waals surface area (Å²) >= 11 is 0. The van der Waals surface area contributed by atoms with E-state index < -0.39 is 0 Å². The topological polar surface area (TPSA) is 143 Å². The van der Waals surface area contributed by atoms with E-state index in [0.717, 1.165) is 61.2 Å². The Hall–Kier alpha value is -4.73. The van der Waals surface area contributed by atoms with Crippen LogP contribution in [0.5, 0.6) is 0 Å². The largest absolute Gasteiger partial charge is 0.466 e. The van der Waals surface area contributed by atoms with Crippen molar-refractivity contribution in [2.45, 2.75) is 106 Å². The number of hydrogen-bond acceptors (Lipinski definition) is 6. The molecule has 0 radical (unpaired) electrons. The van der Waals surface area contributed by atoms with Gasteiger partial charge in [-0.1, -0.05) is 27.7 Å². The van der Waals surface area contributed by atoms with Crippen LogP contribution in [-0.4, -0.2) is 52.6 Å². The molecule has 2 amide bonds. The van der Waals surface area contributed by atoms with Gasteiger partial charge in [-0.3, -0.25) is 19.2 Å². The van der Waals surface area contributed by atoms with Gasteiger partial charge in [0.25, 0.3) is 11.8 Å². The van der Waals surface area contributed by atoms with Crippen LogP contribution in [0.25, 0.3) is 18.2 Å². The number of carbonyl (C=O) groups is 4. The summed E-state index contributed by atoms with van der Waals surface area (Å²) in [5.41, 5.74) is 10.1. The molecule has 2 aromatic heterocycles. The van der Waals surface area contributed by atoms with Crippen LogP contribution < -0.4 is 16.0 Å². The Balaban J connectivity index is 1.74. The highest BCUT2D eigenvalue weighted by Crippen LogP contribution is 2.33. The number of carbonyl (C=O) groups excluding carboxylic acids is 4. The minimum Gasteiger partial charge on any atom is -0.466 e. The third-order valence-corrected chi connectivity index (χ3v) is 9.97. The Kier molecular flexibility index (Phi) is 10.7. The maximum atomic E-state index is 13.0. The molecule has 3 aliphatic heterocycles. The van der Waals surface area contributed by atoms with Gasteiger partial charge in [0.2, 0.25) is 0 Å². The monoisotopic (exact) mass is 668 g/mol. The van der Waals surface area contributed by atoms with Gasteiger partial charge >= 0.3 is 11.9 Å². The second kappa shape index (κ2) is 14.8. The average Bonchev–Trinajstić information content (AvgIpc) is 3.70. The van der Waals surface area contributed by atoms with Crippen LogP contribution in [0.1, 0.15) is 126 Å². The van der Waals surface area contributed by atoms with Crippen molar-refractivity contribution in [3.05, 3.63) is 72.3 Å². The summed E-state index contributed by atoms with van der Waals surface area (Å²) in [5.74, 6) is -1.29. The van der Waals surface area contributed by atoms with E-state index in [2.05, 4.69) is 20.3 Å². The van der Waals surface area contributed by atoms with Crippen LogP contribution >= 0.6 is 0 Å². The van der Waals surface area contributed by atoms with Crippen molar-refractivity contribution >= 4 is 47.7 Å². The number of aromatic amines is 2. The van der Waals surface area contributed by atoms with Crippen molar-refractivity contribution < 1.29 is 28.7 Å². The number of amides is 2. The standard InChI is InChI=1S/C39H48N4O6/c1-9-26-22(5)38(46)42-30(26)17-28-24(7)36-20(3)15-34(44)48-13-11-12-14-49-35(45)16-21(4)37-25(8)29(41-33(37)19-32(36)40-28)18-31-27(10-2)23(6)39(47)43-31/h17-21,40-41H,9-16H2,1-8H3,(H,42,46)/b29-18-,30-17-,33-19-/t20-,21-/m0/s1. The van der Waals surface area contributed by atoms with E-state index in [0.29, 0.717) is 42.5 Å². The molecule has 5 rings (SSSR count). The summed E-state index contributed by atoms with van der Waals surface area (Å²) in [6.07, 6.45) is 8.87. The van der Waals surface area contributed by atoms with Crippen LogP contribution in [-0.2, 0) is 28.7 Å². The third-order valence-electron chi connectivity index (χ3n) is 9.97. The number of nitrogens with one attached hydrogen (secondary N) is 3. The van der Waals surface area contributed by atoms with Gasteiger partial charge in [0.1, 0.15) is 0 Å². The molecule has 2 atom stereocenters. The zero-order valence-electron chi connectivity index (χ0n) is 29.9. The first-order chi connectivity index (χ1) is 23.3.